The molecule has 0 aromatic heterocycles. The SMILES string of the molecule is O=S(=O)(c1ccccc1)N(Cc1ccc(Cl)cc1Cl)c1ccccc1. The van der Waals surface area contributed by atoms with Gasteiger partial charge in [-0.1, -0.05) is 65.7 Å². The van der Waals surface area contributed by atoms with Crippen molar-refractivity contribution in [2.75, 3.05) is 4.31 Å². The molecule has 0 aliphatic carbocycles. The number of hydrogen-bond donors (Lipinski definition) is 0. The summed E-state index contributed by atoms with van der Waals surface area (Å²) in [4.78, 5) is 0.226. The lowest BCUT2D eigenvalue weighted by molar-refractivity contribution is 0.590. The highest BCUT2D eigenvalue weighted by Gasteiger charge is 2.25. The van der Waals surface area contributed by atoms with Crippen LogP contribution in [0.25, 0.3) is 0 Å². The van der Waals surface area contributed by atoms with Gasteiger partial charge in [-0.05, 0) is 42.0 Å². The van der Waals surface area contributed by atoms with Crippen molar-refractivity contribution >= 4 is 38.9 Å². The largest absolute Gasteiger partial charge is 0.264 e. The van der Waals surface area contributed by atoms with Crippen LogP contribution in [0.5, 0.6) is 0 Å². The number of sulfonamides is 1. The highest BCUT2D eigenvalue weighted by molar-refractivity contribution is 7.92. The first kappa shape index (κ1) is 17.8. The molecule has 0 fully saturated rings. The van der Waals surface area contributed by atoms with E-state index in [-0.39, 0.29) is 11.4 Å². The maximum Gasteiger partial charge on any atom is 0.264 e. The van der Waals surface area contributed by atoms with Crippen molar-refractivity contribution in [3.8, 4) is 0 Å². The van der Waals surface area contributed by atoms with Gasteiger partial charge in [0.05, 0.1) is 17.1 Å². The topological polar surface area (TPSA) is 37.4 Å². The second-order valence-corrected chi connectivity index (χ2v) is 8.10. The zero-order valence-electron chi connectivity index (χ0n) is 13.1. The van der Waals surface area contributed by atoms with Gasteiger partial charge in [-0.3, -0.25) is 4.31 Å². The summed E-state index contributed by atoms with van der Waals surface area (Å²) in [5.74, 6) is 0. The van der Waals surface area contributed by atoms with Crippen LogP contribution in [0.3, 0.4) is 0 Å². The molecule has 0 saturated heterocycles. The molecule has 0 amide bonds. The third kappa shape index (κ3) is 3.98. The summed E-state index contributed by atoms with van der Waals surface area (Å²) >= 11 is 12.2. The van der Waals surface area contributed by atoms with Gasteiger partial charge in [-0.25, -0.2) is 8.42 Å². The fourth-order valence-corrected chi connectivity index (χ4v) is 4.37. The lowest BCUT2D eigenvalue weighted by Crippen LogP contribution is -2.30. The summed E-state index contributed by atoms with van der Waals surface area (Å²) < 4.78 is 27.7. The van der Waals surface area contributed by atoms with Crippen molar-refractivity contribution < 1.29 is 8.42 Å². The fourth-order valence-electron chi connectivity index (χ4n) is 2.43. The first-order valence-corrected chi connectivity index (χ1v) is 9.75. The van der Waals surface area contributed by atoms with E-state index < -0.39 is 10.0 Å². The lowest BCUT2D eigenvalue weighted by atomic mass is 10.2. The zero-order chi connectivity index (χ0) is 17.9. The van der Waals surface area contributed by atoms with Crippen LogP contribution in [-0.4, -0.2) is 8.42 Å². The van der Waals surface area contributed by atoms with Gasteiger partial charge in [0, 0.05) is 10.0 Å². The van der Waals surface area contributed by atoms with E-state index in [0.717, 1.165) is 0 Å². The molecule has 128 valence electrons. The molecule has 0 radical (unpaired) electrons. The minimum absolute atomic E-state index is 0.108. The van der Waals surface area contributed by atoms with Crippen molar-refractivity contribution in [1.82, 2.24) is 0 Å². The zero-order valence-corrected chi connectivity index (χ0v) is 15.5. The second kappa shape index (κ2) is 7.48. The molecule has 0 unspecified atom stereocenters. The molecule has 3 nitrogen and oxygen atoms in total. The number of anilines is 1. The summed E-state index contributed by atoms with van der Waals surface area (Å²) in [5.41, 5.74) is 1.24. The summed E-state index contributed by atoms with van der Waals surface area (Å²) in [7, 11) is -3.74. The van der Waals surface area contributed by atoms with E-state index in [1.807, 2.05) is 6.07 Å². The maximum atomic E-state index is 13.2. The van der Waals surface area contributed by atoms with Gasteiger partial charge in [0.15, 0.2) is 0 Å². The van der Waals surface area contributed by atoms with Crippen molar-refractivity contribution in [2.45, 2.75) is 11.4 Å². The van der Waals surface area contributed by atoms with Crippen molar-refractivity contribution in [3.63, 3.8) is 0 Å². The normalized spacial score (nSPS) is 11.3. The second-order valence-electron chi connectivity index (χ2n) is 5.40. The fraction of sp³-hybridized carbons (Fsp3) is 0.0526. The summed E-state index contributed by atoms with van der Waals surface area (Å²) in [6.07, 6.45) is 0. The van der Waals surface area contributed by atoms with Gasteiger partial charge >= 0.3 is 0 Å². The van der Waals surface area contributed by atoms with E-state index in [0.29, 0.717) is 21.3 Å². The molecule has 0 N–H and O–H groups in total. The van der Waals surface area contributed by atoms with E-state index in [2.05, 4.69) is 0 Å². The third-order valence-corrected chi connectivity index (χ3v) is 6.08. The van der Waals surface area contributed by atoms with Crippen LogP contribution in [0, 0.1) is 0 Å². The third-order valence-electron chi connectivity index (χ3n) is 3.70. The molecule has 6 heteroatoms. The average Bonchev–Trinajstić information content (AvgIpc) is 2.62. The van der Waals surface area contributed by atoms with E-state index in [1.54, 1.807) is 72.8 Å². The van der Waals surface area contributed by atoms with E-state index in [4.69, 9.17) is 23.2 Å². The van der Waals surface area contributed by atoms with Crippen LogP contribution < -0.4 is 4.31 Å². The Bertz CT molecular complexity index is 961. The van der Waals surface area contributed by atoms with Crippen LogP contribution in [0.4, 0.5) is 5.69 Å². The summed E-state index contributed by atoms with van der Waals surface area (Å²) in [6.45, 7) is 0.108. The Morgan fingerprint density at radius 3 is 2.00 bits per heavy atom. The van der Waals surface area contributed by atoms with Gasteiger partial charge in [-0.2, -0.15) is 0 Å². The van der Waals surface area contributed by atoms with Crippen molar-refractivity contribution in [1.29, 1.82) is 0 Å². The molecular formula is C19H15Cl2NO2S. The first-order valence-electron chi connectivity index (χ1n) is 7.55. The highest BCUT2D eigenvalue weighted by Crippen LogP contribution is 2.29. The van der Waals surface area contributed by atoms with E-state index >= 15 is 0 Å². The van der Waals surface area contributed by atoms with Gasteiger partial charge in [0.2, 0.25) is 0 Å². The quantitative estimate of drug-likeness (QED) is 0.584. The molecule has 25 heavy (non-hydrogen) atoms. The van der Waals surface area contributed by atoms with Crippen molar-refractivity contribution in [3.05, 3.63) is 94.5 Å². The van der Waals surface area contributed by atoms with Gasteiger partial charge < -0.3 is 0 Å². The molecule has 0 bridgehead atoms. The van der Waals surface area contributed by atoms with E-state index in [1.165, 1.54) is 4.31 Å². The van der Waals surface area contributed by atoms with Crippen LogP contribution in [-0.2, 0) is 16.6 Å². The van der Waals surface area contributed by atoms with E-state index in [9.17, 15) is 8.42 Å². The van der Waals surface area contributed by atoms with Crippen LogP contribution in [0.2, 0.25) is 10.0 Å². The predicted octanol–water partition coefficient (Wildman–Crippen LogP) is 5.39. The maximum absolute atomic E-state index is 13.2. The Labute approximate surface area is 157 Å². The molecule has 0 atom stereocenters. The minimum atomic E-state index is -3.74. The lowest BCUT2D eigenvalue weighted by Gasteiger charge is -2.25. The molecule has 3 aromatic rings. The number of para-hydroxylation sites is 1. The number of benzene rings is 3. The molecular weight excluding hydrogens is 377 g/mol. The number of hydrogen-bond acceptors (Lipinski definition) is 2. The Morgan fingerprint density at radius 2 is 1.40 bits per heavy atom. The average molecular weight is 392 g/mol. The molecule has 3 aromatic carbocycles. The van der Waals surface area contributed by atoms with Crippen LogP contribution in [0.1, 0.15) is 5.56 Å². The Morgan fingerprint density at radius 1 is 0.800 bits per heavy atom. The molecule has 0 aliphatic rings. The molecule has 0 spiro atoms. The molecule has 3 rings (SSSR count). The Balaban J connectivity index is 2.08. The standard InChI is InChI=1S/C19H15Cl2NO2S/c20-16-12-11-15(19(21)13-16)14-22(17-7-3-1-4-8-17)25(23,24)18-9-5-2-6-10-18/h1-13H,14H2. The summed E-state index contributed by atoms with van der Waals surface area (Å²) in [6, 6.07) is 22.3. The van der Waals surface area contributed by atoms with Gasteiger partial charge in [0.25, 0.3) is 10.0 Å². The smallest absolute Gasteiger partial charge is 0.262 e. The van der Waals surface area contributed by atoms with Crippen LogP contribution in [0.15, 0.2) is 83.8 Å². The number of halogens is 2. The first-order chi connectivity index (χ1) is 12.0. The van der Waals surface area contributed by atoms with Crippen molar-refractivity contribution in [2.24, 2.45) is 0 Å². The highest BCUT2D eigenvalue weighted by atomic mass is 35.5. The molecule has 0 saturated carbocycles. The monoisotopic (exact) mass is 391 g/mol. The number of rotatable bonds is 5. The van der Waals surface area contributed by atoms with Crippen LogP contribution >= 0.6 is 23.2 Å². The summed E-state index contributed by atoms with van der Waals surface area (Å²) in [5, 5.41) is 0.933. The molecule has 0 aliphatic heterocycles. The van der Waals surface area contributed by atoms with Gasteiger partial charge in [-0.15, -0.1) is 0 Å². The van der Waals surface area contributed by atoms with Gasteiger partial charge in [0.1, 0.15) is 0 Å². The Hall–Kier alpha value is -2.01. The Kier molecular flexibility index (Phi) is 5.33. The molecule has 0 heterocycles. The number of nitrogens with zero attached hydrogens (tertiary/aromatic N) is 1. The minimum Gasteiger partial charge on any atom is -0.262 e. The predicted molar refractivity (Wildman–Crippen MR) is 103 cm³/mol.